The molecule has 0 spiro atoms. The summed E-state index contributed by atoms with van der Waals surface area (Å²) in [5.41, 5.74) is 2.19. The molecule has 5 rings (SSSR count). The lowest BCUT2D eigenvalue weighted by molar-refractivity contribution is -0.130. The van der Waals surface area contributed by atoms with E-state index >= 15 is 0 Å². The van der Waals surface area contributed by atoms with Gasteiger partial charge in [-0.25, -0.2) is 4.98 Å². The van der Waals surface area contributed by atoms with E-state index in [4.69, 9.17) is 4.74 Å². The number of hydrogen-bond acceptors (Lipinski definition) is 7. The first kappa shape index (κ1) is 39.4. The van der Waals surface area contributed by atoms with Gasteiger partial charge < -0.3 is 28.4 Å². The third-order valence-corrected chi connectivity index (χ3v) is 12.4. The summed E-state index contributed by atoms with van der Waals surface area (Å²) in [5.74, 6) is 0.297. The van der Waals surface area contributed by atoms with Gasteiger partial charge in [0.05, 0.1) is 25.1 Å². The number of piperidine rings is 1. The molecule has 10 nitrogen and oxygen atoms in total. The van der Waals surface area contributed by atoms with E-state index < -0.39 is 17.2 Å². The number of carbonyl (C=O) groups is 1. The number of carbonyl (C=O) groups excluding carboxylic acids is 1. The monoisotopic (exact) mass is 722 g/mol. The van der Waals surface area contributed by atoms with Gasteiger partial charge in [0.1, 0.15) is 0 Å². The summed E-state index contributed by atoms with van der Waals surface area (Å²) in [6.45, 7) is 14.5. The molecular formula is C40H60N5O5S-. The smallest absolute Gasteiger partial charge is 0.222 e. The molecule has 2 saturated heterocycles. The lowest BCUT2D eigenvalue weighted by atomic mass is 9.79. The molecule has 2 aliphatic heterocycles. The maximum atomic E-state index is 13.2. The van der Waals surface area contributed by atoms with Crippen molar-refractivity contribution in [2.75, 3.05) is 20.2 Å². The van der Waals surface area contributed by atoms with Crippen molar-refractivity contribution in [3.63, 3.8) is 0 Å². The van der Waals surface area contributed by atoms with Crippen molar-refractivity contribution in [1.82, 2.24) is 23.9 Å². The van der Waals surface area contributed by atoms with E-state index in [0.717, 1.165) is 62.6 Å². The Labute approximate surface area is 307 Å². The van der Waals surface area contributed by atoms with Crippen LogP contribution in [0.15, 0.2) is 66.3 Å². The molecule has 6 unspecified atom stereocenters. The molecule has 2 aliphatic rings. The minimum absolute atomic E-state index is 0.0290. The van der Waals surface area contributed by atoms with Gasteiger partial charge in [-0.05, 0) is 133 Å². The summed E-state index contributed by atoms with van der Waals surface area (Å²) in [4.78, 5) is 22.2. The summed E-state index contributed by atoms with van der Waals surface area (Å²) in [6.07, 6.45) is 16.6. The van der Waals surface area contributed by atoms with Crippen LogP contribution in [0.4, 0.5) is 0 Å². The molecule has 0 radical (unpaired) electrons. The average Bonchev–Trinajstić information content (AvgIpc) is 3.87. The van der Waals surface area contributed by atoms with Crippen molar-refractivity contribution in [2.45, 2.75) is 152 Å². The first-order valence-electron chi connectivity index (χ1n) is 18.8. The largest absolute Gasteiger partial charge is 0.768 e. The molecule has 0 saturated carbocycles. The number of ether oxygens (including phenoxy) is 1. The van der Waals surface area contributed by atoms with E-state index in [1.165, 1.54) is 0 Å². The van der Waals surface area contributed by atoms with Crippen LogP contribution in [0.1, 0.15) is 122 Å². The van der Waals surface area contributed by atoms with Crippen molar-refractivity contribution in [3.8, 4) is 0 Å². The predicted molar refractivity (Wildman–Crippen MR) is 200 cm³/mol. The molecule has 6 atom stereocenters. The molecule has 3 aromatic rings. The Morgan fingerprint density at radius 2 is 1.73 bits per heavy atom. The fourth-order valence-electron chi connectivity index (χ4n) is 8.62. The maximum absolute atomic E-state index is 13.2. The molecule has 0 aliphatic carbocycles. The fraction of sp³-hybridized carbons (Fsp3) is 0.650. The van der Waals surface area contributed by atoms with Crippen LogP contribution in [0.3, 0.4) is 0 Å². The summed E-state index contributed by atoms with van der Waals surface area (Å²) in [5, 5.41) is 11.0. The molecule has 2 aromatic heterocycles. The Bertz CT molecular complexity index is 1550. The number of imidazole rings is 1. The molecule has 2 fully saturated rings. The summed E-state index contributed by atoms with van der Waals surface area (Å²) in [7, 11) is 2.19. The molecule has 11 heteroatoms. The van der Waals surface area contributed by atoms with Crippen molar-refractivity contribution in [2.24, 2.45) is 0 Å². The van der Waals surface area contributed by atoms with Crippen molar-refractivity contribution >= 4 is 17.0 Å². The molecule has 51 heavy (non-hydrogen) atoms. The second-order valence-electron chi connectivity index (χ2n) is 16.3. The highest BCUT2D eigenvalue weighted by atomic mass is 32.2. The van der Waals surface area contributed by atoms with Gasteiger partial charge in [-0.3, -0.25) is 13.9 Å². The van der Waals surface area contributed by atoms with Crippen LogP contribution in [-0.4, -0.2) is 93.2 Å². The first-order valence-corrected chi connectivity index (χ1v) is 19.9. The minimum atomic E-state index is -2.30. The minimum Gasteiger partial charge on any atom is -0.768 e. The Kier molecular flexibility index (Phi) is 13.0. The molecule has 4 heterocycles. The lowest BCUT2D eigenvalue weighted by Crippen LogP contribution is -2.60. The third kappa shape index (κ3) is 9.99. The van der Waals surface area contributed by atoms with E-state index in [2.05, 4.69) is 91.0 Å². The van der Waals surface area contributed by atoms with Crippen LogP contribution in [0.5, 0.6) is 0 Å². The second kappa shape index (κ2) is 16.9. The molecule has 1 amide bonds. The van der Waals surface area contributed by atoms with Crippen LogP contribution in [0, 0.1) is 0 Å². The van der Waals surface area contributed by atoms with Gasteiger partial charge >= 0.3 is 0 Å². The van der Waals surface area contributed by atoms with Crippen LogP contribution >= 0.6 is 0 Å². The summed E-state index contributed by atoms with van der Waals surface area (Å²) in [6, 6.07) is 9.68. The second-order valence-corrected chi connectivity index (χ2v) is 17.3. The predicted octanol–water partition coefficient (Wildman–Crippen LogP) is 6.65. The highest BCUT2D eigenvalue weighted by Crippen LogP contribution is 2.39. The Morgan fingerprint density at radius 1 is 1.02 bits per heavy atom. The van der Waals surface area contributed by atoms with E-state index in [0.29, 0.717) is 19.4 Å². The Hall–Kier alpha value is -2.83. The summed E-state index contributed by atoms with van der Waals surface area (Å²) < 4.78 is 34.0. The van der Waals surface area contributed by atoms with E-state index in [-0.39, 0.29) is 52.0 Å². The molecule has 0 bridgehead atoms. The number of aliphatic hydroxyl groups excluding tert-OH is 1. The van der Waals surface area contributed by atoms with E-state index in [1.807, 2.05) is 24.7 Å². The molecule has 282 valence electrons. The first-order chi connectivity index (χ1) is 24.2. The summed E-state index contributed by atoms with van der Waals surface area (Å²) >= 11 is -2.30. The van der Waals surface area contributed by atoms with Crippen molar-refractivity contribution in [3.05, 3.63) is 72.6 Å². The van der Waals surface area contributed by atoms with Gasteiger partial charge in [0.2, 0.25) is 5.91 Å². The van der Waals surface area contributed by atoms with Gasteiger partial charge in [-0.1, -0.05) is 19.1 Å². The van der Waals surface area contributed by atoms with Crippen LogP contribution in [0.2, 0.25) is 0 Å². The normalized spacial score (nSPS) is 21.7. The van der Waals surface area contributed by atoms with Gasteiger partial charge in [0.25, 0.3) is 0 Å². The van der Waals surface area contributed by atoms with Gasteiger partial charge in [0.15, 0.2) is 0 Å². The van der Waals surface area contributed by atoms with Crippen molar-refractivity contribution in [1.29, 1.82) is 0 Å². The number of rotatable bonds is 17. The molecule has 1 aromatic carbocycles. The maximum Gasteiger partial charge on any atom is 0.222 e. The van der Waals surface area contributed by atoms with E-state index in [1.54, 1.807) is 18.3 Å². The number of amides is 1. The molecule has 1 N–H and O–H groups in total. The number of aliphatic hydroxyl groups is 1. The topological polar surface area (TPSA) is 116 Å². The van der Waals surface area contributed by atoms with Crippen LogP contribution in [0.25, 0.3) is 0 Å². The number of aromatic nitrogens is 3. The van der Waals surface area contributed by atoms with E-state index in [9.17, 15) is 18.7 Å². The SMILES string of the molecule is CCC(CC(CC(CC(C)n1ccc(CC(O)COC2CC(C)(C)N(C)C(C)(C)C2)c1)c1ccc(S(=O)[O-])cc1)N1CCCC1=O)n1ccnc1. The highest BCUT2D eigenvalue weighted by molar-refractivity contribution is 7.79. The Balaban J connectivity index is 1.28. The van der Waals surface area contributed by atoms with Gasteiger partial charge in [-0.15, -0.1) is 0 Å². The average molecular weight is 723 g/mol. The number of hydrogen-bond donors (Lipinski definition) is 1. The zero-order valence-corrected chi connectivity index (χ0v) is 32.6. The van der Waals surface area contributed by atoms with Crippen LogP contribution in [-0.2, 0) is 27.0 Å². The number of benzene rings is 1. The van der Waals surface area contributed by atoms with Crippen LogP contribution < -0.4 is 0 Å². The van der Waals surface area contributed by atoms with Crippen molar-refractivity contribution < 1.29 is 23.4 Å². The van der Waals surface area contributed by atoms with Gasteiger partial charge in [0, 0.05) is 78.3 Å². The highest BCUT2D eigenvalue weighted by Gasteiger charge is 2.43. The Morgan fingerprint density at radius 3 is 2.31 bits per heavy atom. The zero-order chi connectivity index (χ0) is 36.9. The standard InChI is InChI=1S/C40H61N5O5S/c1-8-33(44-19-16-41-28-44)23-34(45-17-9-10-38(45)47)22-32(31-11-13-37(14-12-31)51(48)49)20-29(2)43-18-15-30(26-43)21-35(46)27-50-36-24-39(3,4)42(7)40(5,6)25-36/h11-16,18-19,26,28-29,32-36,46H,8-10,17,20-25,27H2,1-7H3,(H,48,49)/p-1. The number of nitrogens with zero attached hydrogens (tertiary/aromatic N) is 5. The fourth-order valence-corrected chi connectivity index (χ4v) is 8.97. The quantitative estimate of drug-likeness (QED) is 0.155. The zero-order valence-electron chi connectivity index (χ0n) is 31.7. The number of likely N-dealkylation sites (tertiary alicyclic amines) is 2. The van der Waals surface area contributed by atoms with Gasteiger partial charge in [-0.2, -0.15) is 0 Å². The molecular weight excluding hydrogens is 663 g/mol. The third-order valence-electron chi connectivity index (χ3n) is 11.8. The lowest BCUT2D eigenvalue weighted by Gasteiger charge is -2.53.